The van der Waals surface area contributed by atoms with Gasteiger partial charge in [-0.1, -0.05) is 11.6 Å². The number of halogens is 2. The van der Waals surface area contributed by atoms with Gasteiger partial charge in [0.2, 0.25) is 10.0 Å². The Morgan fingerprint density at radius 1 is 1.55 bits per heavy atom. The van der Waals surface area contributed by atoms with Crippen molar-refractivity contribution in [1.82, 2.24) is 4.72 Å². The van der Waals surface area contributed by atoms with Crippen molar-refractivity contribution in [2.45, 2.75) is 23.1 Å². The summed E-state index contributed by atoms with van der Waals surface area (Å²) in [5.41, 5.74) is 5.94. The molecule has 2 unspecified atom stereocenters. The molecule has 1 aromatic carbocycles. The van der Waals surface area contributed by atoms with E-state index in [1.807, 2.05) is 0 Å². The van der Waals surface area contributed by atoms with Crippen molar-refractivity contribution in [3.8, 4) is 0 Å². The summed E-state index contributed by atoms with van der Waals surface area (Å²) in [5, 5.41) is 9.20. The van der Waals surface area contributed by atoms with E-state index in [0.717, 1.165) is 0 Å². The lowest BCUT2D eigenvalue weighted by Gasteiger charge is -2.21. The summed E-state index contributed by atoms with van der Waals surface area (Å²) in [6.45, 7) is 1.57. The Labute approximate surface area is 136 Å². The molecule has 1 rings (SSSR count). The van der Waals surface area contributed by atoms with Gasteiger partial charge in [0.15, 0.2) is 0 Å². The van der Waals surface area contributed by atoms with E-state index in [-0.39, 0.29) is 31.9 Å². The molecule has 0 saturated carbocycles. The second kappa shape index (κ2) is 7.33. The van der Waals surface area contributed by atoms with Gasteiger partial charge in [0, 0.05) is 22.0 Å². The number of hydrogen-bond acceptors (Lipinski definition) is 5. The second-order valence-electron chi connectivity index (χ2n) is 4.17. The van der Waals surface area contributed by atoms with Gasteiger partial charge in [-0.15, -0.1) is 0 Å². The van der Waals surface area contributed by atoms with Gasteiger partial charge in [0.05, 0.1) is 16.0 Å². The molecule has 2 atom stereocenters. The van der Waals surface area contributed by atoms with Crippen molar-refractivity contribution >= 4 is 55.0 Å². The molecule has 1 aromatic rings. The molecular formula is C11H16BrClN2O3S2. The number of nitrogens with two attached hydrogens (primary N) is 1. The number of anilines is 1. The van der Waals surface area contributed by atoms with Crippen molar-refractivity contribution in [2.24, 2.45) is 0 Å². The summed E-state index contributed by atoms with van der Waals surface area (Å²) in [6.07, 6.45) is 1.80. The van der Waals surface area contributed by atoms with Crippen molar-refractivity contribution < 1.29 is 13.5 Å². The fourth-order valence-electron chi connectivity index (χ4n) is 1.60. The van der Waals surface area contributed by atoms with E-state index < -0.39 is 16.1 Å². The van der Waals surface area contributed by atoms with Gasteiger partial charge in [0.25, 0.3) is 0 Å². The minimum absolute atomic E-state index is 0.0212. The van der Waals surface area contributed by atoms with Gasteiger partial charge in [0.1, 0.15) is 0 Å². The second-order valence-corrected chi connectivity index (χ2v) is 8.16. The lowest BCUT2D eigenvalue weighted by atomic mass is 10.3. The van der Waals surface area contributed by atoms with Crippen LogP contribution in [0, 0.1) is 0 Å². The predicted molar refractivity (Wildman–Crippen MR) is 87.7 cm³/mol. The summed E-state index contributed by atoms with van der Waals surface area (Å²) >= 11 is 10.4. The van der Waals surface area contributed by atoms with Gasteiger partial charge in [-0.2, -0.15) is 11.8 Å². The van der Waals surface area contributed by atoms with Crippen LogP contribution in [-0.4, -0.2) is 37.7 Å². The first-order valence-electron chi connectivity index (χ1n) is 5.63. The smallest absolute Gasteiger partial charge is 0.242 e. The molecule has 0 fully saturated rings. The first-order valence-corrected chi connectivity index (χ1v) is 9.57. The largest absolute Gasteiger partial charge is 0.398 e. The Morgan fingerprint density at radius 3 is 2.65 bits per heavy atom. The molecule has 20 heavy (non-hydrogen) atoms. The average molecular weight is 404 g/mol. The van der Waals surface area contributed by atoms with Crippen LogP contribution in [0.3, 0.4) is 0 Å². The quantitative estimate of drug-likeness (QED) is 0.632. The van der Waals surface area contributed by atoms with Crippen molar-refractivity contribution in [2.75, 3.05) is 18.6 Å². The monoisotopic (exact) mass is 402 g/mol. The van der Waals surface area contributed by atoms with Gasteiger partial charge < -0.3 is 10.8 Å². The van der Waals surface area contributed by atoms with E-state index in [1.165, 1.54) is 23.9 Å². The van der Waals surface area contributed by atoms with Crippen LogP contribution in [0.1, 0.15) is 6.92 Å². The van der Waals surface area contributed by atoms with Crippen molar-refractivity contribution in [1.29, 1.82) is 0 Å². The van der Waals surface area contributed by atoms with Gasteiger partial charge in [-0.25, -0.2) is 13.1 Å². The zero-order valence-corrected chi connectivity index (χ0v) is 14.9. The zero-order valence-electron chi connectivity index (χ0n) is 10.9. The average Bonchev–Trinajstić information content (AvgIpc) is 2.34. The lowest BCUT2D eigenvalue weighted by Crippen LogP contribution is -2.41. The summed E-state index contributed by atoms with van der Waals surface area (Å²) in [6, 6.07) is 2.35. The third-order valence-corrected chi connectivity index (χ3v) is 6.81. The molecule has 5 nitrogen and oxygen atoms in total. The molecule has 0 aliphatic carbocycles. The molecule has 0 bridgehead atoms. The van der Waals surface area contributed by atoms with E-state index in [9.17, 15) is 13.5 Å². The maximum atomic E-state index is 12.4. The maximum absolute atomic E-state index is 12.4. The first kappa shape index (κ1) is 18.1. The summed E-state index contributed by atoms with van der Waals surface area (Å²) in [5.74, 6) is 0. The van der Waals surface area contributed by atoms with Gasteiger partial charge in [-0.3, -0.25) is 0 Å². The third kappa shape index (κ3) is 4.25. The predicted octanol–water partition coefficient (Wildman–Crippen LogP) is 2.08. The highest BCUT2D eigenvalue weighted by molar-refractivity contribution is 9.10. The molecule has 0 heterocycles. The van der Waals surface area contributed by atoms with E-state index in [0.29, 0.717) is 0 Å². The highest BCUT2D eigenvalue weighted by atomic mass is 79.9. The Balaban J connectivity index is 3.12. The molecule has 0 aliphatic heterocycles. The molecule has 0 amide bonds. The highest BCUT2D eigenvalue weighted by Crippen LogP contribution is 2.31. The molecule has 0 saturated heterocycles. The van der Waals surface area contributed by atoms with Crippen LogP contribution in [0.5, 0.6) is 0 Å². The van der Waals surface area contributed by atoms with E-state index in [4.69, 9.17) is 17.3 Å². The Kier molecular flexibility index (Phi) is 6.62. The number of aliphatic hydroxyl groups is 1. The van der Waals surface area contributed by atoms with Gasteiger partial charge in [-0.05, 0) is 41.2 Å². The number of sulfonamides is 1. The number of thioether (sulfide) groups is 1. The number of benzene rings is 1. The summed E-state index contributed by atoms with van der Waals surface area (Å²) < 4.78 is 27.5. The van der Waals surface area contributed by atoms with Gasteiger partial charge >= 0.3 is 0 Å². The standard InChI is InChI=1S/C11H16BrClN2O3S2/c1-6(9(5-16)19-2)15-20(17,18)10-4-7(13)3-8(14)11(10)12/h3-4,6,9,15-16H,5,14H2,1-2H3. The molecule has 0 aliphatic rings. The van der Waals surface area contributed by atoms with Crippen LogP contribution < -0.4 is 10.5 Å². The van der Waals surface area contributed by atoms with Crippen LogP contribution in [0.4, 0.5) is 5.69 Å². The summed E-state index contributed by atoms with van der Waals surface area (Å²) in [4.78, 5) is -0.0212. The number of rotatable bonds is 6. The van der Waals surface area contributed by atoms with Crippen molar-refractivity contribution in [3.63, 3.8) is 0 Å². The molecular weight excluding hydrogens is 388 g/mol. The normalized spacial score (nSPS) is 15.1. The molecule has 0 spiro atoms. The first-order chi connectivity index (χ1) is 9.22. The number of nitrogens with one attached hydrogen (secondary N) is 1. The van der Waals surface area contributed by atoms with Crippen LogP contribution in [0.15, 0.2) is 21.5 Å². The van der Waals surface area contributed by atoms with Crippen LogP contribution in [0.2, 0.25) is 5.02 Å². The Hall–Kier alpha value is 0.01000. The highest BCUT2D eigenvalue weighted by Gasteiger charge is 2.25. The minimum atomic E-state index is -3.79. The van der Waals surface area contributed by atoms with Crippen molar-refractivity contribution in [3.05, 3.63) is 21.6 Å². The number of aliphatic hydroxyl groups excluding tert-OH is 1. The van der Waals surface area contributed by atoms with Crippen LogP contribution in [-0.2, 0) is 10.0 Å². The zero-order chi connectivity index (χ0) is 15.5. The molecule has 114 valence electrons. The number of nitrogen functional groups attached to an aromatic ring is 1. The minimum Gasteiger partial charge on any atom is -0.398 e. The maximum Gasteiger partial charge on any atom is 0.242 e. The number of hydrogen-bond donors (Lipinski definition) is 3. The Morgan fingerprint density at radius 2 is 2.15 bits per heavy atom. The molecule has 9 heteroatoms. The van der Waals surface area contributed by atoms with E-state index in [1.54, 1.807) is 13.2 Å². The van der Waals surface area contributed by atoms with E-state index >= 15 is 0 Å². The fraction of sp³-hybridized carbons (Fsp3) is 0.455. The molecule has 0 radical (unpaired) electrons. The summed E-state index contributed by atoms with van der Waals surface area (Å²) in [7, 11) is -3.79. The van der Waals surface area contributed by atoms with Crippen LogP contribution in [0.25, 0.3) is 0 Å². The topological polar surface area (TPSA) is 92.4 Å². The lowest BCUT2D eigenvalue weighted by molar-refractivity contribution is 0.282. The van der Waals surface area contributed by atoms with Crippen LogP contribution >= 0.6 is 39.3 Å². The molecule has 4 N–H and O–H groups in total. The van der Waals surface area contributed by atoms with E-state index in [2.05, 4.69) is 20.7 Å². The fourth-order valence-corrected chi connectivity index (χ4v) is 4.89. The molecule has 0 aromatic heterocycles. The SMILES string of the molecule is CSC(CO)C(C)NS(=O)(=O)c1cc(Cl)cc(N)c1Br. The third-order valence-electron chi connectivity index (χ3n) is 2.70. The Bertz CT molecular complexity index is 579.